The molecule has 1 aliphatic rings. The number of hydrogen-bond donors (Lipinski definition) is 3. The van der Waals surface area contributed by atoms with Crippen molar-refractivity contribution >= 4 is 0 Å². The fraction of sp³-hybridized carbons (Fsp3) is 1.00. The Morgan fingerprint density at radius 3 is 1.46 bits per heavy atom. The summed E-state index contributed by atoms with van der Waals surface area (Å²) in [6.45, 7) is 8.36. The molecule has 0 atom stereocenters. The average molecular weight is 191 g/mol. The van der Waals surface area contributed by atoms with Crippen LogP contribution < -0.4 is 0 Å². The van der Waals surface area contributed by atoms with Gasteiger partial charge in [0.25, 0.3) is 0 Å². The molecule has 1 fully saturated rings. The lowest BCUT2D eigenvalue weighted by molar-refractivity contribution is -0.241. The average Bonchev–Trinajstić information content (AvgIpc) is 2.04. The van der Waals surface area contributed by atoms with E-state index in [-0.39, 0.29) is 11.1 Å². The van der Waals surface area contributed by atoms with E-state index in [1.807, 2.05) is 0 Å². The Morgan fingerprint density at radius 1 is 0.923 bits per heavy atom. The summed E-state index contributed by atoms with van der Waals surface area (Å²) in [5.41, 5.74) is -0.0799. The summed E-state index contributed by atoms with van der Waals surface area (Å²) in [6.07, 6.45) is 3.40. The van der Waals surface area contributed by atoms with Crippen LogP contribution in [-0.4, -0.2) is 31.9 Å². The zero-order valence-electron chi connectivity index (χ0n) is 8.91. The monoisotopic (exact) mass is 191 g/mol. The second-order valence-electron chi connectivity index (χ2n) is 4.79. The highest BCUT2D eigenvalue weighted by molar-refractivity contribution is 4.91. The van der Waals surface area contributed by atoms with Crippen LogP contribution in [0.25, 0.3) is 0 Å². The molecule has 0 saturated carbocycles. The van der Waals surface area contributed by atoms with Crippen molar-refractivity contribution in [3.8, 4) is 0 Å². The van der Waals surface area contributed by atoms with Crippen molar-refractivity contribution < 1.29 is 15.7 Å². The Morgan fingerprint density at radius 2 is 1.23 bits per heavy atom. The molecule has 4 nitrogen and oxygen atoms in total. The van der Waals surface area contributed by atoms with Crippen LogP contribution in [0.1, 0.15) is 47.0 Å². The summed E-state index contributed by atoms with van der Waals surface area (Å²) in [7, 11) is 0. The highest BCUT2D eigenvalue weighted by atomic mass is 17.0. The minimum absolute atomic E-state index is 0.0399. The van der Waals surface area contributed by atoms with E-state index in [1.165, 1.54) is 11.5 Å². The van der Waals surface area contributed by atoms with Crippen LogP contribution in [0.4, 0.5) is 0 Å². The van der Waals surface area contributed by atoms with Crippen LogP contribution in [0.15, 0.2) is 0 Å². The molecule has 0 unspecified atom stereocenters. The number of piperidine rings is 1. The minimum Gasteiger partial charge on any atom is -0.313 e. The maximum atomic E-state index is 9.80. The Kier molecular flexibility index (Phi) is 4.32. The molecule has 1 saturated heterocycles. The molecule has 0 amide bonds. The van der Waals surface area contributed by atoms with Gasteiger partial charge in [-0.3, -0.25) is 10.5 Å². The number of hydroxylamine groups is 2. The first-order chi connectivity index (χ1) is 5.86. The molecule has 4 heteroatoms. The fourth-order valence-corrected chi connectivity index (χ4v) is 1.98. The Balaban J connectivity index is 0.000000671. The smallest absolute Gasteiger partial charge is 0.0410 e. The van der Waals surface area contributed by atoms with E-state index in [0.29, 0.717) is 0 Å². The number of nitrogens with zero attached hydrogens (tertiary/aromatic N) is 1. The number of hydrogen-bond acceptors (Lipinski definition) is 4. The van der Waals surface area contributed by atoms with Gasteiger partial charge in [0.2, 0.25) is 0 Å². The molecule has 0 aromatic carbocycles. The van der Waals surface area contributed by atoms with Crippen molar-refractivity contribution in [2.45, 2.75) is 58.0 Å². The van der Waals surface area contributed by atoms with E-state index >= 15 is 0 Å². The van der Waals surface area contributed by atoms with Gasteiger partial charge in [0, 0.05) is 11.1 Å². The highest BCUT2D eigenvalue weighted by Crippen LogP contribution is 2.35. The molecule has 0 aromatic heterocycles. The van der Waals surface area contributed by atoms with E-state index < -0.39 is 0 Å². The van der Waals surface area contributed by atoms with Gasteiger partial charge in [-0.15, -0.1) is 0 Å². The Labute approximate surface area is 79.7 Å². The summed E-state index contributed by atoms with van der Waals surface area (Å²) in [5, 5.41) is 23.3. The zero-order valence-corrected chi connectivity index (χ0v) is 8.91. The van der Waals surface area contributed by atoms with Crippen LogP contribution in [-0.2, 0) is 0 Å². The first kappa shape index (κ1) is 12.8. The van der Waals surface area contributed by atoms with Gasteiger partial charge < -0.3 is 5.21 Å². The third-order valence-corrected chi connectivity index (χ3v) is 2.72. The van der Waals surface area contributed by atoms with Crippen molar-refractivity contribution in [1.82, 2.24) is 5.06 Å². The molecule has 1 heterocycles. The maximum absolute atomic E-state index is 9.80. The molecule has 0 radical (unpaired) electrons. The summed E-state index contributed by atoms with van der Waals surface area (Å²) in [6, 6.07) is 0. The molecular formula is C9H21NO3. The van der Waals surface area contributed by atoms with Crippen molar-refractivity contribution in [2.24, 2.45) is 0 Å². The van der Waals surface area contributed by atoms with Gasteiger partial charge in [-0.2, -0.15) is 5.06 Å². The lowest BCUT2D eigenvalue weighted by Gasteiger charge is -2.48. The van der Waals surface area contributed by atoms with E-state index in [9.17, 15) is 5.21 Å². The van der Waals surface area contributed by atoms with E-state index in [1.54, 1.807) is 0 Å². The normalized spacial score (nSPS) is 26.1. The Bertz CT molecular complexity index is 141. The van der Waals surface area contributed by atoms with Crippen LogP contribution in [0.5, 0.6) is 0 Å². The van der Waals surface area contributed by atoms with Crippen molar-refractivity contribution in [3.63, 3.8) is 0 Å². The molecule has 0 bridgehead atoms. The summed E-state index contributed by atoms with van der Waals surface area (Å²) >= 11 is 0. The topological polar surface area (TPSA) is 63.9 Å². The minimum atomic E-state index is -0.0399. The first-order valence-electron chi connectivity index (χ1n) is 4.55. The van der Waals surface area contributed by atoms with Crippen molar-refractivity contribution in [1.29, 1.82) is 0 Å². The third-order valence-electron chi connectivity index (χ3n) is 2.72. The third kappa shape index (κ3) is 2.91. The molecule has 1 aliphatic heterocycles. The molecule has 80 valence electrons. The molecule has 0 aromatic rings. The Hall–Kier alpha value is -0.160. The lowest BCUT2D eigenvalue weighted by Crippen LogP contribution is -2.56. The molecule has 1 rings (SSSR count). The van der Waals surface area contributed by atoms with Gasteiger partial charge in [0.15, 0.2) is 0 Å². The molecule has 13 heavy (non-hydrogen) atoms. The van der Waals surface area contributed by atoms with Gasteiger partial charge in [-0.05, 0) is 47.0 Å². The van der Waals surface area contributed by atoms with E-state index in [0.717, 1.165) is 12.8 Å². The predicted octanol–water partition coefficient (Wildman–Crippen LogP) is 2.44. The number of rotatable bonds is 0. The van der Waals surface area contributed by atoms with Crippen molar-refractivity contribution in [3.05, 3.63) is 0 Å². The second-order valence-corrected chi connectivity index (χ2v) is 4.79. The van der Waals surface area contributed by atoms with Crippen LogP contribution in [0.3, 0.4) is 0 Å². The summed E-state index contributed by atoms with van der Waals surface area (Å²) in [5.74, 6) is 0. The maximum Gasteiger partial charge on any atom is 0.0410 e. The second kappa shape index (κ2) is 4.37. The molecular weight excluding hydrogens is 170 g/mol. The van der Waals surface area contributed by atoms with Gasteiger partial charge in [-0.25, -0.2) is 0 Å². The van der Waals surface area contributed by atoms with Gasteiger partial charge in [-0.1, -0.05) is 0 Å². The largest absolute Gasteiger partial charge is 0.313 e. The van der Waals surface area contributed by atoms with E-state index in [4.69, 9.17) is 10.5 Å². The predicted molar refractivity (Wildman–Crippen MR) is 50.9 cm³/mol. The zero-order chi connectivity index (χ0) is 10.7. The molecule has 0 spiro atoms. The quantitative estimate of drug-likeness (QED) is 0.406. The SMILES string of the molecule is CC1(C)CCCC(C)(C)N1O.OO. The summed E-state index contributed by atoms with van der Waals surface area (Å²) < 4.78 is 0. The summed E-state index contributed by atoms with van der Waals surface area (Å²) in [4.78, 5) is 0. The van der Waals surface area contributed by atoms with Crippen molar-refractivity contribution in [2.75, 3.05) is 0 Å². The van der Waals surface area contributed by atoms with Crippen LogP contribution >= 0.6 is 0 Å². The van der Waals surface area contributed by atoms with Gasteiger partial charge in [0.1, 0.15) is 0 Å². The first-order valence-corrected chi connectivity index (χ1v) is 4.55. The van der Waals surface area contributed by atoms with Crippen LogP contribution in [0, 0.1) is 0 Å². The highest BCUT2D eigenvalue weighted by Gasteiger charge is 2.40. The fourth-order valence-electron chi connectivity index (χ4n) is 1.98. The van der Waals surface area contributed by atoms with Crippen LogP contribution in [0.2, 0.25) is 0 Å². The molecule has 0 aliphatic carbocycles. The van der Waals surface area contributed by atoms with Gasteiger partial charge >= 0.3 is 0 Å². The lowest BCUT2D eigenvalue weighted by atomic mass is 9.82. The standard InChI is InChI=1S/C9H19NO.H2O2/c1-8(2)6-5-7-9(3,4)10(8)11;1-2/h11H,5-7H2,1-4H3;1-2H. The van der Waals surface area contributed by atoms with E-state index in [2.05, 4.69) is 27.7 Å². The van der Waals surface area contributed by atoms with Gasteiger partial charge in [0.05, 0.1) is 0 Å². The molecule has 3 N–H and O–H groups in total.